The third-order valence-electron chi connectivity index (χ3n) is 6.02. The van der Waals surface area contributed by atoms with Crippen LogP contribution in [0.2, 0.25) is 0 Å². The minimum atomic E-state index is -0.0658. The second kappa shape index (κ2) is 7.77. The average Bonchev–Trinajstić information content (AvgIpc) is 3.30. The summed E-state index contributed by atoms with van der Waals surface area (Å²) in [6.45, 7) is 2.51. The van der Waals surface area contributed by atoms with Crippen LogP contribution in [0.5, 0.6) is 0 Å². The molecule has 0 bridgehead atoms. The van der Waals surface area contributed by atoms with Crippen molar-refractivity contribution in [3.05, 3.63) is 58.3 Å². The molecule has 150 valence electrons. The summed E-state index contributed by atoms with van der Waals surface area (Å²) in [4.78, 5) is 14.6. The molecule has 1 aliphatic heterocycles. The Morgan fingerprint density at radius 2 is 1.90 bits per heavy atom. The molecule has 0 N–H and O–H groups in total. The van der Waals surface area contributed by atoms with E-state index in [-0.39, 0.29) is 5.56 Å². The summed E-state index contributed by atoms with van der Waals surface area (Å²) in [6.07, 6.45) is 10.2. The van der Waals surface area contributed by atoms with Gasteiger partial charge in [-0.3, -0.25) is 4.79 Å². The molecule has 8 heteroatoms. The Balaban J connectivity index is 1.25. The van der Waals surface area contributed by atoms with Crippen molar-refractivity contribution in [2.45, 2.75) is 45.1 Å². The topological polar surface area (TPSA) is 81.7 Å². The predicted molar refractivity (Wildman–Crippen MR) is 109 cm³/mol. The Labute approximate surface area is 169 Å². The molecule has 1 aliphatic carbocycles. The zero-order valence-corrected chi connectivity index (χ0v) is 16.4. The molecular formula is C21H25N7O. The van der Waals surface area contributed by atoms with E-state index in [0.717, 1.165) is 44.6 Å². The maximum absolute atomic E-state index is 12.3. The molecule has 3 aromatic rings. The molecule has 3 aromatic heterocycles. The van der Waals surface area contributed by atoms with E-state index >= 15 is 0 Å². The zero-order valence-electron chi connectivity index (χ0n) is 16.4. The van der Waals surface area contributed by atoms with Crippen LogP contribution in [0.25, 0.3) is 5.82 Å². The molecule has 1 fully saturated rings. The third-order valence-corrected chi connectivity index (χ3v) is 6.02. The van der Waals surface area contributed by atoms with Crippen molar-refractivity contribution < 1.29 is 0 Å². The van der Waals surface area contributed by atoms with Crippen LogP contribution in [0, 0.1) is 5.92 Å². The van der Waals surface area contributed by atoms with Gasteiger partial charge >= 0.3 is 0 Å². The number of hydrogen-bond donors (Lipinski definition) is 0. The molecule has 2 aliphatic rings. The van der Waals surface area contributed by atoms with E-state index in [1.807, 2.05) is 12.3 Å². The smallest absolute Gasteiger partial charge is 0.266 e. The molecule has 5 rings (SSSR count). The lowest BCUT2D eigenvalue weighted by atomic mass is 9.95. The van der Waals surface area contributed by atoms with Crippen LogP contribution in [0.1, 0.15) is 36.9 Å². The Morgan fingerprint density at radius 3 is 2.72 bits per heavy atom. The van der Waals surface area contributed by atoms with Crippen molar-refractivity contribution in [3.63, 3.8) is 0 Å². The fourth-order valence-electron chi connectivity index (χ4n) is 4.32. The number of piperidine rings is 1. The van der Waals surface area contributed by atoms with Gasteiger partial charge in [0.15, 0.2) is 11.6 Å². The molecule has 0 amide bonds. The van der Waals surface area contributed by atoms with Gasteiger partial charge in [0.2, 0.25) is 0 Å². The summed E-state index contributed by atoms with van der Waals surface area (Å²) >= 11 is 0. The summed E-state index contributed by atoms with van der Waals surface area (Å²) in [7, 11) is 0. The highest BCUT2D eigenvalue weighted by molar-refractivity contribution is 5.42. The summed E-state index contributed by atoms with van der Waals surface area (Å²) in [5.41, 5.74) is 2.48. The van der Waals surface area contributed by atoms with Crippen molar-refractivity contribution in [1.29, 1.82) is 0 Å². The molecule has 0 unspecified atom stereocenters. The second-order valence-corrected chi connectivity index (χ2v) is 7.97. The predicted octanol–water partition coefficient (Wildman–Crippen LogP) is 2.01. The number of hydrogen-bond acceptors (Lipinski definition) is 6. The van der Waals surface area contributed by atoms with Crippen molar-refractivity contribution in [1.82, 2.24) is 29.8 Å². The van der Waals surface area contributed by atoms with E-state index in [0.29, 0.717) is 18.3 Å². The van der Waals surface area contributed by atoms with Gasteiger partial charge in [-0.2, -0.15) is 10.2 Å². The van der Waals surface area contributed by atoms with Gasteiger partial charge in [0.1, 0.15) is 0 Å². The first-order valence-corrected chi connectivity index (χ1v) is 10.4. The van der Waals surface area contributed by atoms with Crippen molar-refractivity contribution >= 4 is 5.82 Å². The maximum Gasteiger partial charge on any atom is 0.266 e. The van der Waals surface area contributed by atoms with Crippen LogP contribution in [0.15, 0.2) is 41.5 Å². The zero-order chi connectivity index (χ0) is 19.6. The van der Waals surface area contributed by atoms with Crippen LogP contribution >= 0.6 is 0 Å². The van der Waals surface area contributed by atoms with Gasteiger partial charge < -0.3 is 4.90 Å². The highest BCUT2D eigenvalue weighted by Crippen LogP contribution is 2.26. The normalized spacial score (nSPS) is 17.3. The van der Waals surface area contributed by atoms with Gasteiger partial charge in [0.05, 0.1) is 5.69 Å². The summed E-state index contributed by atoms with van der Waals surface area (Å²) in [6, 6.07) is 7.36. The Morgan fingerprint density at radius 1 is 1.03 bits per heavy atom. The molecule has 8 nitrogen and oxygen atoms in total. The lowest BCUT2D eigenvalue weighted by Crippen LogP contribution is -2.37. The van der Waals surface area contributed by atoms with E-state index in [9.17, 15) is 4.79 Å². The highest BCUT2D eigenvalue weighted by Gasteiger charge is 2.23. The molecule has 0 radical (unpaired) electrons. The summed E-state index contributed by atoms with van der Waals surface area (Å²) < 4.78 is 3.25. The Hall–Kier alpha value is -3.03. The van der Waals surface area contributed by atoms with Crippen LogP contribution in [0.4, 0.5) is 5.82 Å². The van der Waals surface area contributed by atoms with Gasteiger partial charge in [-0.05, 0) is 68.2 Å². The average molecular weight is 391 g/mol. The largest absolute Gasteiger partial charge is 0.355 e. The first kappa shape index (κ1) is 18.0. The third kappa shape index (κ3) is 3.79. The number of fused-ring (bicyclic) bond motifs is 1. The number of aromatic nitrogens is 6. The van der Waals surface area contributed by atoms with Gasteiger partial charge in [-0.25, -0.2) is 9.36 Å². The van der Waals surface area contributed by atoms with Crippen molar-refractivity contribution in [3.8, 4) is 5.82 Å². The van der Waals surface area contributed by atoms with E-state index in [1.54, 1.807) is 27.7 Å². The lowest BCUT2D eigenvalue weighted by molar-refractivity contribution is 0.333. The van der Waals surface area contributed by atoms with Crippen molar-refractivity contribution in [2.75, 3.05) is 18.0 Å². The minimum Gasteiger partial charge on any atom is -0.355 e. The van der Waals surface area contributed by atoms with Gasteiger partial charge in [-0.15, -0.1) is 10.2 Å². The molecule has 0 spiro atoms. The van der Waals surface area contributed by atoms with E-state index in [4.69, 9.17) is 0 Å². The molecule has 0 saturated carbocycles. The van der Waals surface area contributed by atoms with Gasteiger partial charge in [-0.1, -0.05) is 0 Å². The van der Waals surface area contributed by atoms with Crippen LogP contribution < -0.4 is 10.5 Å². The number of nitrogens with zero attached hydrogens (tertiary/aromatic N) is 7. The first-order chi connectivity index (χ1) is 14.3. The van der Waals surface area contributed by atoms with E-state index in [1.165, 1.54) is 24.1 Å². The van der Waals surface area contributed by atoms with Crippen molar-refractivity contribution in [2.24, 2.45) is 5.92 Å². The van der Waals surface area contributed by atoms with Crippen LogP contribution in [0.3, 0.4) is 0 Å². The second-order valence-electron chi connectivity index (χ2n) is 7.97. The number of anilines is 1. The van der Waals surface area contributed by atoms with Gasteiger partial charge in [0.25, 0.3) is 5.56 Å². The van der Waals surface area contributed by atoms with E-state index in [2.05, 4.69) is 31.4 Å². The standard InChI is InChI=1S/C21H25N7O/c29-21-7-6-19(27-11-3-10-22-27)25-28(21)15-16-8-12-26(13-9-16)20-14-17-4-1-2-5-18(17)23-24-20/h3,6-7,10-11,14,16H,1-2,4-5,8-9,12-13,15H2. The Bertz CT molecular complexity index is 1040. The number of aryl methyl sites for hydroxylation is 2. The van der Waals surface area contributed by atoms with Gasteiger partial charge in [0, 0.05) is 38.1 Å². The molecule has 4 heterocycles. The van der Waals surface area contributed by atoms with Crippen LogP contribution in [-0.4, -0.2) is 42.8 Å². The minimum absolute atomic E-state index is 0.0658. The monoisotopic (exact) mass is 391 g/mol. The summed E-state index contributed by atoms with van der Waals surface area (Å²) in [5, 5.41) is 17.6. The van der Waals surface area contributed by atoms with Crippen LogP contribution in [-0.2, 0) is 19.4 Å². The molecule has 0 atom stereocenters. The highest BCUT2D eigenvalue weighted by atomic mass is 16.1. The van der Waals surface area contributed by atoms with E-state index < -0.39 is 0 Å². The fraction of sp³-hybridized carbons (Fsp3) is 0.476. The molecular weight excluding hydrogens is 366 g/mol. The number of rotatable bonds is 4. The first-order valence-electron chi connectivity index (χ1n) is 10.4. The molecule has 29 heavy (non-hydrogen) atoms. The quantitative estimate of drug-likeness (QED) is 0.677. The SMILES string of the molecule is O=c1ccc(-n2cccn2)nn1CC1CCN(c2cc3c(nn2)CCCC3)CC1. The molecule has 0 aromatic carbocycles. The molecule has 1 saturated heterocycles. The Kier molecular flexibility index (Phi) is 4.83. The fourth-order valence-corrected chi connectivity index (χ4v) is 4.32. The summed E-state index contributed by atoms with van der Waals surface area (Å²) in [5.74, 6) is 2.09. The maximum atomic E-state index is 12.3. The lowest BCUT2D eigenvalue weighted by Gasteiger charge is -2.33.